The summed E-state index contributed by atoms with van der Waals surface area (Å²) in [5.41, 5.74) is 1.22. The number of amides is 3. The summed E-state index contributed by atoms with van der Waals surface area (Å²) in [5.74, 6) is 0.680. The third kappa shape index (κ3) is 4.49. The van der Waals surface area contributed by atoms with Crippen LogP contribution in [0.1, 0.15) is 20.8 Å². The molecule has 0 bridgehead atoms. The second kappa shape index (κ2) is 8.31. The van der Waals surface area contributed by atoms with E-state index in [1.165, 1.54) is 4.88 Å². The fourth-order valence-corrected chi connectivity index (χ4v) is 4.29. The van der Waals surface area contributed by atoms with E-state index in [1.54, 1.807) is 47.4 Å². The molecule has 1 aromatic carbocycles. The molecule has 1 aliphatic rings. The molecule has 130 valence electrons. The smallest absolute Gasteiger partial charge is 0.261 e. The summed E-state index contributed by atoms with van der Waals surface area (Å²) in [6.45, 7) is 0.295. The first-order valence-corrected chi connectivity index (χ1v) is 9.98. The molecular formula is C18H18N2O3S2. The minimum atomic E-state index is -0.394. The zero-order valence-corrected chi connectivity index (χ0v) is 15.2. The number of fused-ring (bicyclic) bond motifs is 1. The van der Waals surface area contributed by atoms with Crippen molar-refractivity contribution in [1.82, 2.24) is 10.2 Å². The van der Waals surface area contributed by atoms with Crippen LogP contribution in [-0.4, -0.2) is 41.5 Å². The van der Waals surface area contributed by atoms with Crippen LogP contribution in [0.4, 0.5) is 0 Å². The number of carbonyl (C=O) groups is 3. The van der Waals surface area contributed by atoms with E-state index in [-0.39, 0.29) is 24.8 Å². The van der Waals surface area contributed by atoms with Crippen molar-refractivity contribution >= 4 is 40.8 Å². The van der Waals surface area contributed by atoms with Crippen LogP contribution >= 0.6 is 23.1 Å². The highest BCUT2D eigenvalue weighted by Crippen LogP contribution is 2.19. The first-order chi connectivity index (χ1) is 12.1. The Morgan fingerprint density at radius 3 is 2.84 bits per heavy atom. The van der Waals surface area contributed by atoms with Gasteiger partial charge in [0.05, 0.1) is 6.42 Å². The van der Waals surface area contributed by atoms with Gasteiger partial charge in [0.2, 0.25) is 11.8 Å². The molecule has 0 atom stereocenters. The van der Waals surface area contributed by atoms with Gasteiger partial charge in [-0.05, 0) is 23.1 Å². The van der Waals surface area contributed by atoms with Crippen LogP contribution in [0.2, 0.25) is 0 Å². The van der Waals surface area contributed by atoms with Gasteiger partial charge in [-0.15, -0.1) is 11.3 Å². The van der Waals surface area contributed by atoms with Gasteiger partial charge < -0.3 is 5.32 Å². The van der Waals surface area contributed by atoms with E-state index in [4.69, 9.17) is 0 Å². The molecule has 1 aromatic heterocycles. The lowest BCUT2D eigenvalue weighted by Gasteiger charge is -2.26. The molecule has 2 aromatic rings. The van der Waals surface area contributed by atoms with E-state index in [0.29, 0.717) is 12.1 Å². The average molecular weight is 374 g/mol. The number of hydrogen-bond acceptors (Lipinski definition) is 5. The minimum Gasteiger partial charge on any atom is -0.354 e. The van der Waals surface area contributed by atoms with Gasteiger partial charge in [-0.1, -0.05) is 24.3 Å². The highest BCUT2D eigenvalue weighted by Gasteiger charge is 2.31. The Bertz CT molecular complexity index is 774. The maximum absolute atomic E-state index is 12.4. The Labute approximate surface area is 154 Å². The number of thioether (sulfide) groups is 1. The fraction of sp³-hybridized carbons (Fsp3) is 0.278. The van der Waals surface area contributed by atoms with Crippen molar-refractivity contribution in [1.29, 1.82) is 0 Å². The zero-order chi connectivity index (χ0) is 17.6. The first-order valence-electron chi connectivity index (χ1n) is 7.94. The van der Waals surface area contributed by atoms with E-state index in [1.807, 2.05) is 11.4 Å². The highest BCUT2D eigenvalue weighted by molar-refractivity contribution is 7.98. The molecule has 5 nitrogen and oxygen atoms in total. The van der Waals surface area contributed by atoms with E-state index < -0.39 is 5.91 Å². The number of thiophene rings is 1. The SMILES string of the molecule is O=C(CN1C(=O)Cc2ccccc2C1=O)NCCSCc1cccs1. The largest absolute Gasteiger partial charge is 0.354 e. The molecule has 0 saturated carbocycles. The number of benzene rings is 1. The summed E-state index contributed by atoms with van der Waals surface area (Å²) < 4.78 is 0. The summed E-state index contributed by atoms with van der Waals surface area (Å²) in [6.07, 6.45) is 0.159. The molecule has 25 heavy (non-hydrogen) atoms. The summed E-state index contributed by atoms with van der Waals surface area (Å²) in [5, 5.41) is 4.82. The van der Waals surface area contributed by atoms with E-state index in [0.717, 1.165) is 22.0 Å². The molecule has 0 radical (unpaired) electrons. The van der Waals surface area contributed by atoms with Crippen molar-refractivity contribution in [3.05, 3.63) is 57.8 Å². The van der Waals surface area contributed by atoms with E-state index in [9.17, 15) is 14.4 Å². The molecule has 1 aliphatic heterocycles. The van der Waals surface area contributed by atoms with Crippen LogP contribution in [0.3, 0.4) is 0 Å². The number of imide groups is 1. The van der Waals surface area contributed by atoms with E-state index >= 15 is 0 Å². The normalized spacial score (nSPS) is 13.7. The molecule has 3 rings (SSSR count). The van der Waals surface area contributed by atoms with Gasteiger partial charge in [0.25, 0.3) is 5.91 Å². The maximum Gasteiger partial charge on any atom is 0.261 e. The van der Waals surface area contributed by atoms with Crippen molar-refractivity contribution in [2.24, 2.45) is 0 Å². The predicted octanol–water partition coefficient (Wildman–Crippen LogP) is 2.32. The minimum absolute atomic E-state index is 0.159. The lowest BCUT2D eigenvalue weighted by atomic mass is 9.98. The summed E-state index contributed by atoms with van der Waals surface area (Å²) in [4.78, 5) is 38.9. The van der Waals surface area contributed by atoms with Crippen LogP contribution in [0, 0.1) is 0 Å². The Balaban J connectivity index is 1.44. The third-order valence-corrected chi connectivity index (χ3v) is 5.90. The Kier molecular flexibility index (Phi) is 5.88. The van der Waals surface area contributed by atoms with Gasteiger partial charge in [-0.2, -0.15) is 11.8 Å². The second-order valence-electron chi connectivity index (χ2n) is 5.60. The first kappa shape index (κ1) is 17.7. The molecule has 1 N–H and O–H groups in total. The van der Waals surface area contributed by atoms with E-state index in [2.05, 4.69) is 11.4 Å². The molecule has 7 heteroatoms. The molecular weight excluding hydrogens is 356 g/mol. The average Bonchev–Trinajstić information content (AvgIpc) is 3.12. The third-order valence-electron chi connectivity index (χ3n) is 3.83. The number of hydrogen-bond donors (Lipinski definition) is 1. The second-order valence-corrected chi connectivity index (χ2v) is 7.74. The van der Waals surface area contributed by atoms with Crippen LogP contribution in [-0.2, 0) is 21.8 Å². The Hall–Kier alpha value is -2.12. The molecule has 0 saturated heterocycles. The summed E-state index contributed by atoms with van der Waals surface area (Å²) in [7, 11) is 0. The molecule has 0 unspecified atom stereocenters. The van der Waals surface area contributed by atoms with Gasteiger partial charge in [0.15, 0.2) is 0 Å². The number of rotatable bonds is 7. The molecule has 0 spiro atoms. The van der Waals surface area contributed by atoms with Crippen LogP contribution in [0.5, 0.6) is 0 Å². The van der Waals surface area contributed by atoms with Crippen LogP contribution in [0.15, 0.2) is 41.8 Å². The van der Waals surface area contributed by atoms with Crippen molar-refractivity contribution < 1.29 is 14.4 Å². The molecule has 0 fully saturated rings. The van der Waals surface area contributed by atoms with Crippen molar-refractivity contribution in [3.8, 4) is 0 Å². The number of nitrogens with zero attached hydrogens (tertiary/aromatic N) is 1. The molecule has 3 amide bonds. The van der Waals surface area contributed by atoms with Crippen LogP contribution < -0.4 is 5.32 Å². The van der Waals surface area contributed by atoms with Crippen LogP contribution in [0.25, 0.3) is 0 Å². The zero-order valence-electron chi connectivity index (χ0n) is 13.6. The topological polar surface area (TPSA) is 66.5 Å². The van der Waals surface area contributed by atoms with Gasteiger partial charge >= 0.3 is 0 Å². The quantitative estimate of drug-likeness (QED) is 0.597. The Morgan fingerprint density at radius 1 is 1.20 bits per heavy atom. The lowest BCUT2D eigenvalue weighted by molar-refractivity contribution is -0.133. The van der Waals surface area contributed by atoms with Crippen molar-refractivity contribution in [3.63, 3.8) is 0 Å². The lowest BCUT2D eigenvalue weighted by Crippen LogP contribution is -2.47. The van der Waals surface area contributed by atoms with Gasteiger partial charge in [-0.25, -0.2) is 0 Å². The molecule has 2 heterocycles. The fourth-order valence-electron chi connectivity index (χ4n) is 2.59. The van der Waals surface area contributed by atoms with Gasteiger partial charge in [0.1, 0.15) is 6.54 Å². The maximum atomic E-state index is 12.4. The predicted molar refractivity (Wildman–Crippen MR) is 99.7 cm³/mol. The van der Waals surface area contributed by atoms with Gasteiger partial charge in [-0.3, -0.25) is 19.3 Å². The van der Waals surface area contributed by atoms with Gasteiger partial charge in [0, 0.05) is 28.5 Å². The van der Waals surface area contributed by atoms with Crippen molar-refractivity contribution in [2.75, 3.05) is 18.8 Å². The standard InChI is InChI=1S/C18H18N2O3S2/c21-16(19-7-9-24-12-14-5-3-8-25-14)11-20-17(22)10-13-4-1-2-6-15(13)18(20)23/h1-6,8H,7,9-12H2,(H,19,21). The number of nitrogens with one attached hydrogen (secondary N) is 1. The number of carbonyl (C=O) groups excluding carboxylic acids is 3. The monoisotopic (exact) mass is 374 g/mol. The summed E-state index contributed by atoms with van der Waals surface area (Å²) in [6, 6.07) is 11.1. The highest BCUT2D eigenvalue weighted by atomic mass is 32.2. The van der Waals surface area contributed by atoms with Crippen molar-refractivity contribution in [2.45, 2.75) is 12.2 Å². The molecule has 0 aliphatic carbocycles. The Morgan fingerprint density at radius 2 is 2.04 bits per heavy atom. The summed E-state index contributed by atoms with van der Waals surface area (Å²) >= 11 is 3.45.